The van der Waals surface area contributed by atoms with Gasteiger partial charge in [-0.2, -0.15) is 0 Å². The summed E-state index contributed by atoms with van der Waals surface area (Å²) in [4.78, 5) is 16.7. The van der Waals surface area contributed by atoms with Gasteiger partial charge in [0, 0.05) is 28.6 Å². The molecule has 4 nitrogen and oxygen atoms in total. The second-order valence-corrected chi connectivity index (χ2v) is 10.6. The van der Waals surface area contributed by atoms with E-state index in [0.717, 1.165) is 34.2 Å². The van der Waals surface area contributed by atoms with Crippen LogP contribution in [0.1, 0.15) is 29.7 Å². The summed E-state index contributed by atoms with van der Waals surface area (Å²) in [5, 5.41) is 1.63. The zero-order valence-electron chi connectivity index (χ0n) is 18.3. The molecule has 3 heterocycles. The number of thioether (sulfide) groups is 2. The Hall–Kier alpha value is -2.28. The van der Waals surface area contributed by atoms with Crippen LogP contribution in [0.15, 0.2) is 76.9 Å². The van der Waals surface area contributed by atoms with Gasteiger partial charge in [-0.15, -0.1) is 11.8 Å². The Kier molecular flexibility index (Phi) is 6.81. The third-order valence-electron chi connectivity index (χ3n) is 6.05. The highest BCUT2D eigenvalue weighted by Crippen LogP contribution is 2.34. The second kappa shape index (κ2) is 10.1. The largest absolute Gasteiger partial charge is 0.333 e. The number of pyridine rings is 1. The molecule has 6 heteroatoms. The highest BCUT2D eigenvalue weighted by Gasteiger charge is 2.21. The van der Waals surface area contributed by atoms with Crippen molar-refractivity contribution in [1.82, 2.24) is 19.9 Å². The molecule has 5 rings (SSSR count). The topological polar surface area (TPSA) is 44.8 Å². The maximum Gasteiger partial charge on any atom is 0.166 e. The fraction of sp³-hybridized carbons (Fsp3) is 0.308. The number of likely N-dealkylation sites (tertiary alicyclic amines) is 1. The number of para-hydroxylation sites is 2. The molecular formula is C26H28N4S2. The van der Waals surface area contributed by atoms with Crippen molar-refractivity contribution in [2.24, 2.45) is 0 Å². The molecule has 0 bridgehead atoms. The highest BCUT2D eigenvalue weighted by molar-refractivity contribution is 8.00. The minimum Gasteiger partial charge on any atom is -0.333 e. The van der Waals surface area contributed by atoms with Crippen LogP contribution in [-0.4, -0.2) is 38.2 Å². The minimum atomic E-state index is 0.680. The van der Waals surface area contributed by atoms with Crippen LogP contribution in [0.2, 0.25) is 0 Å². The highest BCUT2D eigenvalue weighted by atomic mass is 32.2. The molecule has 164 valence electrons. The minimum absolute atomic E-state index is 0.680. The van der Waals surface area contributed by atoms with Crippen molar-refractivity contribution in [3.63, 3.8) is 0 Å². The molecule has 1 aliphatic heterocycles. The van der Waals surface area contributed by atoms with Gasteiger partial charge in [-0.25, -0.2) is 4.98 Å². The van der Waals surface area contributed by atoms with E-state index in [2.05, 4.69) is 69.2 Å². The van der Waals surface area contributed by atoms with E-state index in [0.29, 0.717) is 5.25 Å². The van der Waals surface area contributed by atoms with E-state index >= 15 is 0 Å². The van der Waals surface area contributed by atoms with Gasteiger partial charge in [0.05, 0.1) is 16.7 Å². The van der Waals surface area contributed by atoms with Gasteiger partial charge < -0.3 is 4.98 Å². The number of aromatic amines is 1. The SMILES string of the molecule is Cc1c(SC2CCN(Cc3ccccc3)CC2)ccnc1CSc1nc2ccccc2[nH]1. The third kappa shape index (κ3) is 5.20. The molecule has 0 spiro atoms. The number of H-pyrrole nitrogens is 1. The fourth-order valence-corrected chi connectivity index (χ4v) is 6.32. The molecule has 0 unspecified atom stereocenters. The van der Waals surface area contributed by atoms with Crippen LogP contribution in [0.5, 0.6) is 0 Å². The number of piperidine rings is 1. The average Bonchev–Trinajstić information content (AvgIpc) is 3.25. The molecule has 1 fully saturated rings. The van der Waals surface area contributed by atoms with E-state index in [1.165, 1.54) is 42.0 Å². The van der Waals surface area contributed by atoms with Gasteiger partial charge >= 0.3 is 0 Å². The van der Waals surface area contributed by atoms with E-state index < -0.39 is 0 Å². The number of hydrogen-bond acceptors (Lipinski definition) is 5. The van der Waals surface area contributed by atoms with Crippen molar-refractivity contribution < 1.29 is 0 Å². The monoisotopic (exact) mass is 460 g/mol. The zero-order chi connectivity index (χ0) is 21.8. The van der Waals surface area contributed by atoms with E-state index in [1.807, 2.05) is 36.2 Å². The number of fused-ring (bicyclic) bond motifs is 1. The van der Waals surface area contributed by atoms with Gasteiger partial charge in [0.1, 0.15) is 0 Å². The van der Waals surface area contributed by atoms with Gasteiger partial charge in [-0.1, -0.05) is 54.2 Å². The van der Waals surface area contributed by atoms with Crippen LogP contribution in [0.4, 0.5) is 0 Å². The molecule has 2 aromatic heterocycles. The van der Waals surface area contributed by atoms with Crippen LogP contribution >= 0.6 is 23.5 Å². The Bertz CT molecular complexity index is 1130. The van der Waals surface area contributed by atoms with Crippen molar-refractivity contribution in [3.8, 4) is 0 Å². The number of benzene rings is 2. The van der Waals surface area contributed by atoms with Crippen molar-refractivity contribution >= 4 is 34.6 Å². The molecule has 4 aromatic rings. The third-order valence-corrected chi connectivity index (χ3v) is 8.43. The molecule has 32 heavy (non-hydrogen) atoms. The summed E-state index contributed by atoms with van der Waals surface area (Å²) in [6.07, 6.45) is 4.44. The van der Waals surface area contributed by atoms with Crippen LogP contribution in [0.25, 0.3) is 11.0 Å². The van der Waals surface area contributed by atoms with E-state index in [1.54, 1.807) is 11.8 Å². The normalized spacial score (nSPS) is 15.4. The Balaban J connectivity index is 1.17. The van der Waals surface area contributed by atoms with Crippen molar-refractivity contribution in [3.05, 3.63) is 83.7 Å². The number of nitrogens with zero attached hydrogens (tertiary/aromatic N) is 3. The molecule has 1 N–H and O–H groups in total. The number of hydrogen-bond donors (Lipinski definition) is 1. The number of rotatable bonds is 7. The van der Waals surface area contributed by atoms with Gasteiger partial charge in [0.2, 0.25) is 0 Å². The molecular weight excluding hydrogens is 432 g/mol. The van der Waals surface area contributed by atoms with Gasteiger partial charge in [0.15, 0.2) is 5.16 Å². The van der Waals surface area contributed by atoms with Gasteiger partial charge in [-0.05, 0) is 62.2 Å². The number of aromatic nitrogens is 3. The number of nitrogens with one attached hydrogen (secondary N) is 1. The lowest BCUT2D eigenvalue weighted by molar-refractivity contribution is 0.225. The fourth-order valence-electron chi connectivity index (χ4n) is 4.17. The lowest BCUT2D eigenvalue weighted by Crippen LogP contribution is -2.34. The molecule has 0 aliphatic carbocycles. The first-order chi connectivity index (χ1) is 15.7. The summed E-state index contributed by atoms with van der Waals surface area (Å²) in [6.45, 7) is 5.63. The summed E-state index contributed by atoms with van der Waals surface area (Å²) in [7, 11) is 0. The van der Waals surface area contributed by atoms with E-state index in [9.17, 15) is 0 Å². The average molecular weight is 461 g/mol. The first-order valence-electron chi connectivity index (χ1n) is 11.2. The first-order valence-corrected chi connectivity index (χ1v) is 13.1. The van der Waals surface area contributed by atoms with E-state index in [-0.39, 0.29) is 0 Å². The standard InChI is InChI=1S/C26H28N4S2/c1-19-24(18-31-26-28-22-9-5-6-10-23(22)29-26)27-14-11-25(19)32-21-12-15-30(16-13-21)17-20-7-3-2-4-8-20/h2-11,14,21H,12-13,15-18H2,1H3,(H,28,29). The predicted octanol–water partition coefficient (Wildman–Crippen LogP) is 6.32. The van der Waals surface area contributed by atoms with Crippen molar-refractivity contribution in [2.75, 3.05) is 13.1 Å². The predicted molar refractivity (Wildman–Crippen MR) is 135 cm³/mol. The quantitative estimate of drug-likeness (QED) is 0.327. The summed E-state index contributed by atoms with van der Waals surface area (Å²) in [6, 6.07) is 21.2. The summed E-state index contributed by atoms with van der Waals surface area (Å²) in [5.41, 5.74) is 5.98. The Morgan fingerprint density at radius 3 is 2.59 bits per heavy atom. The van der Waals surface area contributed by atoms with Crippen molar-refractivity contribution in [2.45, 2.75) is 47.4 Å². The van der Waals surface area contributed by atoms with Crippen molar-refractivity contribution in [1.29, 1.82) is 0 Å². The summed E-state index contributed by atoms with van der Waals surface area (Å²) >= 11 is 3.76. The van der Waals surface area contributed by atoms with Gasteiger partial charge in [0.25, 0.3) is 0 Å². The molecule has 2 aromatic carbocycles. The van der Waals surface area contributed by atoms with Crippen LogP contribution in [0.3, 0.4) is 0 Å². The first kappa shape index (κ1) is 21.6. The summed E-state index contributed by atoms with van der Waals surface area (Å²) < 4.78 is 0. The maximum atomic E-state index is 4.68. The maximum absolute atomic E-state index is 4.68. The van der Waals surface area contributed by atoms with E-state index in [4.69, 9.17) is 0 Å². The molecule has 0 amide bonds. The Labute approximate surface area is 198 Å². The lowest BCUT2D eigenvalue weighted by atomic mass is 10.1. The smallest absolute Gasteiger partial charge is 0.166 e. The Morgan fingerprint density at radius 1 is 1.00 bits per heavy atom. The second-order valence-electron chi connectivity index (χ2n) is 8.31. The van der Waals surface area contributed by atoms with Gasteiger partial charge in [-0.3, -0.25) is 9.88 Å². The lowest BCUT2D eigenvalue weighted by Gasteiger charge is -2.32. The molecule has 0 saturated carbocycles. The molecule has 0 atom stereocenters. The van der Waals surface area contributed by atoms with Crippen LogP contribution < -0.4 is 0 Å². The molecule has 1 aliphatic rings. The Morgan fingerprint density at radius 2 is 1.78 bits per heavy atom. The zero-order valence-corrected chi connectivity index (χ0v) is 20.0. The summed E-state index contributed by atoms with van der Waals surface area (Å²) in [5.74, 6) is 0.829. The molecule has 1 saturated heterocycles. The molecule has 0 radical (unpaired) electrons. The van der Waals surface area contributed by atoms with Crippen LogP contribution in [-0.2, 0) is 12.3 Å². The van der Waals surface area contributed by atoms with Crippen LogP contribution in [0, 0.1) is 6.92 Å². The number of imidazole rings is 1.